The molecule has 0 N–H and O–H groups in total. The third kappa shape index (κ3) is 7.21. The smallest absolute Gasteiger partial charge is 0.400 e. The third-order valence-electron chi connectivity index (χ3n) is 3.81. The molecule has 2 atom stereocenters. The molecule has 0 radical (unpaired) electrons. The van der Waals surface area contributed by atoms with Crippen molar-refractivity contribution in [1.29, 1.82) is 0 Å². The Morgan fingerprint density at radius 1 is 0.326 bits per heavy atom. The van der Waals surface area contributed by atoms with Gasteiger partial charge in [0.1, 0.15) is 0 Å². The van der Waals surface area contributed by atoms with E-state index in [1.807, 2.05) is 4.74 Å². The zero-order chi connectivity index (χ0) is 35.4. The zero-order valence-corrected chi connectivity index (χ0v) is 18.1. The molecule has 0 aliphatic rings. The van der Waals surface area contributed by atoms with Gasteiger partial charge in [0, 0.05) is 0 Å². The first kappa shape index (κ1) is 40.4. The quantitative estimate of drug-likeness (QED) is 0.167. The van der Waals surface area contributed by atoms with Crippen molar-refractivity contribution in [2.24, 2.45) is 0 Å². The Labute approximate surface area is 214 Å². The van der Waals surface area contributed by atoms with Crippen LogP contribution in [0.15, 0.2) is 23.7 Å². The summed E-state index contributed by atoms with van der Waals surface area (Å²) in [7, 11) is 0. The van der Waals surface area contributed by atoms with Gasteiger partial charge in [-0.1, -0.05) is 0 Å². The fourth-order valence-corrected chi connectivity index (χ4v) is 1.77. The molecule has 0 aromatic heterocycles. The zero-order valence-electron chi connectivity index (χ0n) is 18.1. The van der Waals surface area contributed by atoms with Gasteiger partial charge in [0.15, 0.2) is 0 Å². The molecule has 0 amide bonds. The number of hydrogen-bond acceptors (Lipinski definition) is 3. The molecule has 0 saturated carbocycles. The average Bonchev–Trinajstić information content (AvgIpc) is 2.73. The van der Waals surface area contributed by atoms with E-state index >= 15 is 0 Å². The number of ether oxygens (including phenoxy) is 3. The SMILES string of the molecule is FC(OC(F)=C(F)C(F)(F)C(F)(OC(F)(F)C(F)(F)F)C(F)(F)F)=C(F)C(F)(F)C(F)(OC(F)(F)C(F)(F)F)C(F)(F)F. The average molecular weight is 710 g/mol. The largest absolute Gasteiger partial charge is 0.483 e. The molecule has 0 heterocycles. The summed E-state index contributed by atoms with van der Waals surface area (Å²) in [5.41, 5.74) is 0. The molecule has 0 rings (SSSR count). The van der Waals surface area contributed by atoms with E-state index in [4.69, 9.17) is 0 Å². The van der Waals surface area contributed by atoms with Gasteiger partial charge in [-0.2, -0.15) is 114 Å². The second-order valence-corrected chi connectivity index (χ2v) is 6.85. The van der Waals surface area contributed by atoms with E-state index in [0.717, 1.165) is 0 Å². The van der Waals surface area contributed by atoms with E-state index in [1.165, 1.54) is 9.47 Å². The van der Waals surface area contributed by atoms with E-state index in [-0.39, 0.29) is 0 Å². The summed E-state index contributed by atoms with van der Waals surface area (Å²) in [6.45, 7) is 0. The van der Waals surface area contributed by atoms with Crippen LogP contribution in [0.1, 0.15) is 0 Å². The van der Waals surface area contributed by atoms with Crippen LogP contribution in [0.3, 0.4) is 0 Å². The lowest BCUT2D eigenvalue weighted by Crippen LogP contribution is -2.62. The number of rotatable bonds is 10. The third-order valence-corrected chi connectivity index (χ3v) is 3.81. The molecule has 256 valence electrons. The molecule has 3 nitrogen and oxygen atoms in total. The van der Waals surface area contributed by atoms with Gasteiger partial charge in [-0.05, 0) is 0 Å². The normalized spacial score (nSPS) is 19.3. The molecule has 0 aromatic rings. The van der Waals surface area contributed by atoms with Gasteiger partial charge in [-0.25, -0.2) is 0 Å². The number of alkyl halides is 22. The minimum absolute atomic E-state index is 1.20. The summed E-state index contributed by atoms with van der Waals surface area (Å²) < 4.78 is 337. The first-order chi connectivity index (χ1) is 18.3. The van der Waals surface area contributed by atoms with Crippen molar-refractivity contribution in [2.45, 2.75) is 60.5 Å². The van der Waals surface area contributed by atoms with Crippen LogP contribution in [0.5, 0.6) is 0 Å². The van der Waals surface area contributed by atoms with Crippen molar-refractivity contribution < 1.29 is 128 Å². The second-order valence-electron chi connectivity index (χ2n) is 6.85. The number of hydrogen-bond donors (Lipinski definition) is 0. The summed E-state index contributed by atoms with van der Waals surface area (Å²) in [5, 5.41) is 0. The summed E-state index contributed by atoms with van der Waals surface area (Å²) >= 11 is 0. The molecule has 0 spiro atoms. The standard InChI is InChI=1S/C14F26O3/c15-1(5(19,20)7(23,9(25,26)27)42-13(37,38)11(31,32)33)3(17)41-4(18)2(16)6(21,22)8(24,10(28,29)30)43-14(39,40)12(34,35)36. The highest BCUT2D eigenvalue weighted by Crippen LogP contribution is 2.57. The Hall–Kier alpha value is -2.62. The van der Waals surface area contributed by atoms with Gasteiger partial charge in [0.05, 0.1) is 0 Å². The lowest BCUT2D eigenvalue weighted by molar-refractivity contribution is -0.497. The maximum Gasteiger partial charge on any atom is 0.483 e. The first-order valence-corrected chi connectivity index (χ1v) is 8.64. The highest BCUT2D eigenvalue weighted by atomic mass is 19.4. The summed E-state index contributed by atoms with van der Waals surface area (Å²) in [5.74, 6) is -43.2. The minimum Gasteiger partial charge on any atom is -0.400 e. The Morgan fingerprint density at radius 3 is 0.698 bits per heavy atom. The second kappa shape index (κ2) is 11.1. The van der Waals surface area contributed by atoms with Crippen LogP contribution in [-0.2, 0) is 14.2 Å². The molecular weight excluding hydrogens is 710 g/mol. The number of halogens is 26. The van der Waals surface area contributed by atoms with Crippen LogP contribution in [0.4, 0.5) is 114 Å². The Morgan fingerprint density at radius 2 is 0.535 bits per heavy atom. The van der Waals surface area contributed by atoms with Crippen molar-refractivity contribution in [2.75, 3.05) is 0 Å². The maximum absolute atomic E-state index is 13.7. The van der Waals surface area contributed by atoms with Crippen LogP contribution in [0.2, 0.25) is 0 Å². The van der Waals surface area contributed by atoms with Crippen LogP contribution in [0.25, 0.3) is 0 Å². The molecule has 43 heavy (non-hydrogen) atoms. The highest BCUT2D eigenvalue weighted by Gasteiger charge is 2.82. The first-order valence-electron chi connectivity index (χ1n) is 8.64. The van der Waals surface area contributed by atoms with E-state index in [0.29, 0.717) is 0 Å². The summed E-state index contributed by atoms with van der Waals surface area (Å²) in [4.78, 5) is 0. The van der Waals surface area contributed by atoms with E-state index in [1.54, 1.807) is 0 Å². The van der Waals surface area contributed by atoms with Gasteiger partial charge in [-0.15, -0.1) is 0 Å². The van der Waals surface area contributed by atoms with Gasteiger partial charge in [-0.3, -0.25) is 9.47 Å². The molecular formula is C14F26O3. The Kier molecular flexibility index (Phi) is 10.4. The van der Waals surface area contributed by atoms with Crippen molar-refractivity contribution in [3.8, 4) is 0 Å². The maximum atomic E-state index is 13.7. The minimum atomic E-state index is -8.16. The van der Waals surface area contributed by atoms with Crippen LogP contribution in [0, 0.1) is 0 Å². The molecule has 0 saturated heterocycles. The molecule has 0 bridgehead atoms. The van der Waals surface area contributed by atoms with Crippen molar-refractivity contribution in [1.82, 2.24) is 0 Å². The molecule has 0 fully saturated rings. The summed E-state index contributed by atoms with van der Waals surface area (Å²) in [6.07, 6.45) is -46.7. The van der Waals surface area contributed by atoms with E-state index in [2.05, 4.69) is 0 Å². The summed E-state index contributed by atoms with van der Waals surface area (Å²) in [6, 6.07) is -9.87. The lowest BCUT2D eigenvalue weighted by Gasteiger charge is -2.36. The molecule has 0 aromatic carbocycles. The van der Waals surface area contributed by atoms with Crippen molar-refractivity contribution >= 4 is 0 Å². The van der Waals surface area contributed by atoms with Gasteiger partial charge in [0.25, 0.3) is 0 Å². The topological polar surface area (TPSA) is 27.7 Å². The van der Waals surface area contributed by atoms with E-state index < -0.39 is 84.2 Å². The van der Waals surface area contributed by atoms with Gasteiger partial charge < -0.3 is 4.74 Å². The van der Waals surface area contributed by atoms with Crippen molar-refractivity contribution in [3.05, 3.63) is 23.7 Å². The fraction of sp³-hybridized carbons (Fsp3) is 0.714. The molecule has 2 unspecified atom stereocenters. The molecule has 0 aliphatic heterocycles. The van der Waals surface area contributed by atoms with E-state index in [9.17, 15) is 114 Å². The predicted octanol–water partition coefficient (Wildman–Crippen LogP) is 9.29. The molecule has 0 aliphatic carbocycles. The lowest BCUT2D eigenvalue weighted by atomic mass is 10.1. The van der Waals surface area contributed by atoms with Gasteiger partial charge >= 0.3 is 72.5 Å². The monoisotopic (exact) mass is 710 g/mol. The Balaban J connectivity index is 7.06. The highest BCUT2D eigenvalue weighted by molar-refractivity contribution is 5.18. The van der Waals surface area contributed by atoms with Crippen LogP contribution >= 0.6 is 0 Å². The Bertz CT molecular complexity index is 989. The van der Waals surface area contributed by atoms with Gasteiger partial charge in [0.2, 0.25) is 11.7 Å². The van der Waals surface area contributed by atoms with Crippen molar-refractivity contribution in [3.63, 3.8) is 0 Å². The van der Waals surface area contributed by atoms with Crippen LogP contribution in [-0.4, -0.2) is 60.5 Å². The predicted molar refractivity (Wildman–Crippen MR) is 73.4 cm³/mol. The molecule has 29 heteroatoms. The van der Waals surface area contributed by atoms with Crippen LogP contribution < -0.4 is 0 Å². The fourth-order valence-electron chi connectivity index (χ4n) is 1.77.